The summed E-state index contributed by atoms with van der Waals surface area (Å²) in [6, 6.07) is 4.25. The fourth-order valence-corrected chi connectivity index (χ4v) is 2.58. The summed E-state index contributed by atoms with van der Waals surface area (Å²) in [4.78, 5) is 12.0. The average molecular weight is 295 g/mol. The highest BCUT2D eigenvalue weighted by atomic mass is 19.1. The van der Waals surface area contributed by atoms with E-state index >= 15 is 0 Å². The topological polar surface area (TPSA) is 76.4 Å². The first-order valence-electron chi connectivity index (χ1n) is 7.37. The molecule has 0 spiro atoms. The molecule has 2 rings (SSSR count). The number of para-hydroxylation sites is 1. The Morgan fingerprint density at radius 3 is 2.81 bits per heavy atom. The van der Waals surface area contributed by atoms with Crippen molar-refractivity contribution >= 4 is 11.6 Å². The number of hydrazine groups is 1. The number of benzene rings is 1. The van der Waals surface area contributed by atoms with Crippen molar-refractivity contribution < 1.29 is 13.9 Å². The van der Waals surface area contributed by atoms with Gasteiger partial charge in [-0.05, 0) is 25.0 Å². The maximum Gasteiger partial charge on any atom is 0.253 e. The van der Waals surface area contributed by atoms with E-state index in [0.29, 0.717) is 19.3 Å². The summed E-state index contributed by atoms with van der Waals surface area (Å²) in [5.41, 5.74) is 2.41. The summed E-state index contributed by atoms with van der Waals surface area (Å²) in [5.74, 6) is 4.33. The van der Waals surface area contributed by atoms with E-state index in [9.17, 15) is 9.18 Å². The predicted molar refractivity (Wildman–Crippen MR) is 79.4 cm³/mol. The van der Waals surface area contributed by atoms with Crippen molar-refractivity contribution in [3.63, 3.8) is 0 Å². The van der Waals surface area contributed by atoms with E-state index in [4.69, 9.17) is 10.6 Å². The lowest BCUT2D eigenvalue weighted by Gasteiger charge is -2.22. The smallest absolute Gasteiger partial charge is 0.253 e. The van der Waals surface area contributed by atoms with Crippen molar-refractivity contribution in [2.45, 2.75) is 38.2 Å². The third kappa shape index (κ3) is 4.41. The second kappa shape index (κ2) is 7.95. The Balaban J connectivity index is 1.78. The minimum atomic E-state index is -0.552. The molecule has 0 saturated heterocycles. The highest BCUT2D eigenvalue weighted by Gasteiger charge is 2.15. The second-order valence-corrected chi connectivity index (χ2v) is 5.19. The number of rotatable bonds is 6. The molecule has 116 valence electrons. The normalized spacial score (nSPS) is 15.7. The van der Waals surface area contributed by atoms with E-state index in [2.05, 4.69) is 10.7 Å². The van der Waals surface area contributed by atoms with Gasteiger partial charge in [-0.15, -0.1) is 0 Å². The molecule has 6 heteroatoms. The Morgan fingerprint density at radius 2 is 2.10 bits per heavy atom. The number of hydrogen-bond donors (Lipinski definition) is 3. The molecule has 0 atom stereocenters. The van der Waals surface area contributed by atoms with Crippen LogP contribution in [0.5, 0.6) is 0 Å². The second-order valence-electron chi connectivity index (χ2n) is 5.19. The van der Waals surface area contributed by atoms with E-state index < -0.39 is 5.82 Å². The molecule has 1 saturated carbocycles. The van der Waals surface area contributed by atoms with Crippen LogP contribution in [-0.2, 0) is 4.74 Å². The summed E-state index contributed by atoms with van der Waals surface area (Å²) >= 11 is 0. The predicted octanol–water partition coefficient (Wildman–Crippen LogP) is 2.19. The molecule has 1 aromatic rings. The van der Waals surface area contributed by atoms with Crippen LogP contribution in [0.25, 0.3) is 0 Å². The number of nitrogens with one attached hydrogen (secondary N) is 2. The SMILES string of the molecule is NNc1c(F)cccc1C(=O)NCCOC1CCCCC1. The number of amides is 1. The number of anilines is 1. The minimum absolute atomic E-state index is 0.00296. The Bertz CT molecular complexity index is 476. The van der Waals surface area contributed by atoms with Crippen LogP contribution in [0, 0.1) is 5.82 Å². The zero-order valence-electron chi connectivity index (χ0n) is 12.0. The van der Waals surface area contributed by atoms with Gasteiger partial charge in [-0.1, -0.05) is 25.3 Å². The lowest BCUT2D eigenvalue weighted by Crippen LogP contribution is -2.30. The molecule has 5 nitrogen and oxygen atoms in total. The van der Waals surface area contributed by atoms with Gasteiger partial charge in [0.1, 0.15) is 5.82 Å². The van der Waals surface area contributed by atoms with Crippen LogP contribution in [0.15, 0.2) is 18.2 Å². The first-order valence-corrected chi connectivity index (χ1v) is 7.37. The van der Waals surface area contributed by atoms with Gasteiger partial charge < -0.3 is 15.5 Å². The van der Waals surface area contributed by atoms with Crippen LogP contribution in [0.3, 0.4) is 0 Å². The quantitative estimate of drug-likeness (QED) is 0.427. The van der Waals surface area contributed by atoms with Gasteiger partial charge >= 0.3 is 0 Å². The largest absolute Gasteiger partial charge is 0.376 e. The summed E-state index contributed by atoms with van der Waals surface area (Å²) in [6.07, 6.45) is 6.21. The molecule has 4 N–H and O–H groups in total. The van der Waals surface area contributed by atoms with Gasteiger partial charge in [0, 0.05) is 6.54 Å². The lowest BCUT2D eigenvalue weighted by molar-refractivity contribution is 0.0299. The first-order chi connectivity index (χ1) is 10.2. The minimum Gasteiger partial charge on any atom is -0.376 e. The molecule has 0 aliphatic heterocycles. The Labute approximate surface area is 124 Å². The molecule has 0 heterocycles. The van der Waals surface area contributed by atoms with Gasteiger partial charge in [0.2, 0.25) is 0 Å². The number of ether oxygens (including phenoxy) is 1. The summed E-state index contributed by atoms with van der Waals surface area (Å²) in [5, 5.41) is 2.71. The zero-order chi connectivity index (χ0) is 15.1. The van der Waals surface area contributed by atoms with Crippen molar-refractivity contribution in [2.75, 3.05) is 18.6 Å². The lowest BCUT2D eigenvalue weighted by atomic mass is 9.98. The van der Waals surface area contributed by atoms with Gasteiger partial charge in [-0.3, -0.25) is 10.6 Å². The van der Waals surface area contributed by atoms with Gasteiger partial charge in [0.05, 0.1) is 24.0 Å². The van der Waals surface area contributed by atoms with Crippen molar-refractivity contribution in [2.24, 2.45) is 5.84 Å². The third-order valence-corrected chi connectivity index (χ3v) is 3.70. The van der Waals surface area contributed by atoms with Crippen molar-refractivity contribution in [3.8, 4) is 0 Å². The molecule has 0 aromatic heterocycles. The Kier molecular flexibility index (Phi) is 5.95. The van der Waals surface area contributed by atoms with Crippen LogP contribution < -0.4 is 16.6 Å². The van der Waals surface area contributed by atoms with Crippen LogP contribution >= 0.6 is 0 Å². The monoisotopic (exact) mass is 295 g/mol. The number of nitrogens with two attached hydrogens (primary N) is 1. The average Bonchev–Trinajstić information content (AvgIpc) is 2.52. The first kappa shape index (κ1) is 15.7. The molecule has 0 radical (unpaired) electrons. The maximum atomic E-state index is 13.5. The van der Waals surface area contributed by atoms with Crippen LogP contribution in [-0.4, -0.2) is 25.2 Å². The Morgan fingerprint density at radius 1 is 1.33 bits per heavy atom. The zero-order valence-corrected chi connectivity index (χ0v) is 12.0. The molecule has 1 amide bonds. The van der Waals surface area contributed by atoms with Crippen LogP contribution in [0.1, 0.15) is 42.5 Å². The fourth-order valence-electron chi connectivity index (χ4n) is 2.58. The molecule has 1 fully saturated rings. The van der Waals surface area contributed by atoms with E-state index in [-0.39, 0.29) is 17.2 Å². The van der Waals surface area contributed by atoms with E-state index in [1.165, 1.54) is 37.5 Å². The van der Waals surface area contributed by atoms with Crippen molar-refractivity contribution in [3.05, 3.63) is 29.6 Å². The summed E-state index contributed by atoms with van der Waals surface area (Å²) < 4.78 is 19.2. The maximum absolute atomic E-state index is 13.5. The molecule has 1 aromatic carbocycles. The van der Waals surface area contributed by atoms with Gasteiger partial charge in [-0.2, -0.15) is 0 Å². The fraction of sp³-hybridized carbons (Fsp3) is 0.533. The number of carbonyl (C=O) groups excluding carboxylic acids is 1. The van der Waals surface area contributed by atoms with E-state index in [1.807, 2.05) is 0 Å². The Hall–Kier alpha value is -1.66. The molecule has 1 aliphatic rings. The summed E-state index contributed by atoms with van der Waals surface area (Å²) in [7, 11) is 0. The van der Waals surface area contributed by atoms with Gasteiger partial charge in [0.15, 0.2) is 0 Å². The van der Waals surface area contributed by atoms with Gasteiger partial charge in [-0.25, -0.2) is 4.39 Å². The third-order valence-electron chi connectivity index (χ3n) is 3.70. The van der Waals surface area contributed by atoms with Gasteiger partial charge in [0.25, 0.3) is 5.91 Å². The van der Waals surface area contributed by atoms with Crippen LogP contribution in [0.2, 0.25) is 0 Å². The van der Waals surface area contributed by atoms with Crippen LogP contribution in [0.4, 0.5) is 10.1 Å². The molecule has 21 heavy (non-hydrogen) atoms. The molecule has 0 unspecified atom stereocenters. The highest BCUT2D eigenvalue weighted by molar-refractivity contribution is 5.99. The molecular weight excluding hydrogens is 273 g/mol. The van der Waals surface area contributed by atoms with E-state index in [0.717, 1.165) is 12.8 Å². The highest BCUT2D eigenvalue weighted by Crippen LogP contribution is 2.20. The van der Waals surface area contributed by atoms with Crippen molar-refractivity contribution in [1.82, 2.24) is 5.32 Å². The van der Waals surface area contributed by atoms with Crippen molar-refractivity contribution in [1.29, 1.82) is 0 Å². The number of nitrogen functional groups attached to an aromatic ring is 1. The standard InChI is InChI=1S/C15H22FN3O2/c16-13-8-4-7-12(14(13)19-17)15(20)18-9-10-21-11-5-2-1-3-6-11/h4,7-8,11,19H,1-3,5-6,9-10,17H2,(H,18,20). The molecule has 0 bridgehead atoms. The number of halogens is 1. The number of hydrogen-bond acceptors (Lipinski definition) is 4. The summed E-state index contributed by atoms with van der Waals surface area (Å²) in [6.45, 7) is 0.868. The molecule has 1 aliphatic carbocycles. The number of carbonyl (C=O) groups is 1. The molecular formula is C15H22FN3O2. The van der Waals surface area contributed by atoms with E-state index in [1.54, 1.807) is 0 Å².